The standard InChI is InChI=1S/C28H44O/c1-19(2)20(3)9-10-22(5)26-15-16-27-23(8-7-17-28(26,27)6)12-13-24-18-25(29)14-11-21(24)4/h9-10,12-13,19-20,22,25-27,29H,4,7-8,11,14-18H2,1-3,5-6H3/b10-9+,23-12+,24-13-/t20-,22+,25?,26-,27?,28?/m0/s1. The fourth-order valence-corrected chi connectivity index (χ4v) is 6.25. The smallest absolute Gasteiger partial charge is 0.0583 e. The van der Waals surface area contributed by atoms with E-state index in [-0.39, 0.29) is 6.10 Å². The summed E-state index contributed by atoms with van der Waals surface area (Å²) in [5, 5.41) is 10.0. The van der Waals surface area contributed by atoms with Crippen molar-refractivity contribution in [1.82, 2.24) is 0 Å². The van der Waals surface area contributed by atoms with Crippen LogP contribution in [-0.4, -0.2) is 11.2 Å². The summed E-state index contributed by atoms with van der Waals surface area (Å²) in [6, 6.07) is 0. The van der Waals surface area contributed by atoms with Gasteiger partial charge in [0, 0.05) is 0 Å². The Morgan fingerprint density at radius 2 is 1.79 bits per heavy atom. The van der Waals surface area contributed by atoms with Crippen LogP contribution < -0.4 is 0 Å². The number of hydrogen-bond donors (Lipinski definition) is 1. The van der Waals surface area contributed by atoms with Crippen LogP contribution in [0.2, 0.25) is 0 Å². The third kappa shape index (κ3) is 4.98. The van der Waals surface area contributed by atoms with Gasteiger partial charge in [-0.2, -0.15) is 0 Å². The number of rotatable bonds is 5. The zero-order valence-corrected chi connectivity index (χ0v) is 19.6. The molecule has 3 rings (SSSR count). The van der Waals surface area contributed by atoms with Crippen LogP contribution in [0.3, 0.4) is 0 Å². The molecule has 0 spiro atoms. The van der Waals surface area contributed by atoms with E-state index in [2.05, 4.69) is 65.5 Å². The molecule has 0 amide bonds. The average molecular weight is 397 g/mol. The second-order valence-electron chi connectivity index (χ2n) is 10.9. The Kier molecular flexibility index (Phi) is 7.31. The molecule has 0 heterocycles. The SMILES string of the molecule is C=C1CCC(O)C/C1=C/C=C1\CCCC2(C)C1CC[C@H]2[C@H](C)/C=C/[C@H](C)C(C)C. The molecule has 3 fully saturated rings. The quantitative estimate of drug-likeness (QED) is 0.473. The van der Waals surface area contributed by atoms with Gasteiger partial charge in [-0.1, -0.05) is 76.6 Å². The van der Waals surface area contributed by atoms with Crippen molar-refractivity contribution in [3.8, 4) is 0 Å². The van der Waals surface area contributed by atoms with Gasteiger partial charge in [0.1, 0.15) is 0 Å². The van der Waals surface area contributed by atoms with Crippen LogP contribution in [0.5, 0.6) is 0 Å². The monoisotopic (exact) mass is 396 g/mol. The van der Waals surface area contributed by atoms with E-state index >= 15 is 0 Å². The highest BCUT2D eigenvalue weighted by Crippen LogP contribution is 2.59. The Balaban J connectivity index is 1.75. The van der Waals surface area contributed by atoms with Crippen LogP contribution in [-0.2, 0) is 0 Å². The summed E-state index contributed by atoms with van der Waals surface area (Å²) >= 11 is 0. The molecule has 0 aromatic heterocycles. The summed E-state index contributed by atoms with van der Waals surface area (Å²) in [4.78, 5) is 0. The van der Waals surface area contributed by atoms with Crippen molar-refractivity contribution in [3.05, 3.63) is 47.6 Å². The van der Waals surface area contributed by atoms with Gasteiger partial charge < -0.3 is 5.11 Å². The van der Waals surface area contributed by atoms with Crippen molar-refractivity contribution in [2.45, 2.75) is 92.1 Å². The molecular weight excluding hydrogens is 352 g/mol. The minimum absolute atomic E-state index is 0.182. The van der Waals surface area contributed by atoms with E-state index in [4.69, 9.17) is 0 Å². The van der Waals surface area contributed by atoms with E-state index in [9.17, 15) is 5.11 Å². The van der Waals surface area contributed by atoms with Gasteiger partial charge >= 0.3 is 0 Å². The highest BCUT2D eigenvalue weighted by atomic mass is 16.3. The summed E-state index contributed by atoms with van der Waals surface area (Å²) in [7, 11) is 0. The molecule has 1 N–H and O–H groups in total. The first-order valence-corrected chi connectivity index (χ1v) is 12.2. The minimum atomic E-state index is -0.182. The van der Waals surface area contributed by atoms with Gasteiger partial charge in [0.25, 0.3) is 0 Å². The van der Waals surface area contributed by atoms with Gasteiger partial charge in [-0.05, 0) is 91.9 Å². The summed E-state index contributed by atoms with van der Waals surface area (Å²) in [5.41, 5.74) is 4.61. The molecule has 3 saturated carbocycles. The number of fused-ring (bicyclic) bond motifs is 1. The number of allylic oxidation sites excluding steroid dienone is 6. The first kappa shape index (κ1) is 22.6. The Morgan fingerprint density at radius 1 is 1.03 bits per heavy atom. The van der Waals surface area contributed by atoms with E-state index in [1.807, 2.05) is 0 Å². The van der Waals surface area contributed by atoms with E-state index in [0.29, 0.717) is 17.3 Å². The molecule has 3 unspecified atom stereocenters. The van der Waals surface area contributed by atoms with E-state index in [0.717, 1.165) is 37.0 Å². The van der Waals surface area contributed by atoms with Crippen LogP contribution in [0.1, 0.15) is 86.0 Å². The fraction of sp³-hybridized carbons (Fsp3) is 0.714. The van der Waals surface area contributed by atoms with Gasteiger partial charge in [-0.3, -0.25) is 0 Å². The van der Waals surface area contributed by atoms with Crippen LogP contribution in [0, 0.1) is 35.0 Å². The zero-order chi connectivity index (χ0) is 21.2. The molecule has 1 heteroatoms. The predicted octanol–water partition coefficient (Wildman–Crippen LogP) is 7.64. The Bertz CT molecular complexity index is 678. The van der Waals surface area contributed by atoms with Crippen LogP contribution in [0.25, 0.3) is 0 Å². The molecule has 0 saturated heterocycles. The first-order chi connectivity index (χ1) is 13.7. The average Bonchev–Trinajstić information content (AvgIpc) is 3.04. The third-order valence-electron chi connectivity index (χ3n) is 8.63. The maximum atomic E-state index is 10.0. The number of hydrogen-bond acceptors (Lipinski definition) is 1. The van der Waals surface area contributed by atoms with E-state index < -0.39 is 0 Å². The van der Waals surface area contributed by atoms with Crippen molar-refractivity contribution in [2.75, 3.05) is 0 Å². The Morgan fingerprint density at radius 3 is 2.52 bits per heavy atom. The Labute approximate surface area is 180 Å². The van der Waals surface area contributed by atoms with Gasteiger partial charge in [0.15, 0.2) is 0 Å². The van der Waals surface area contributed by atoms with Crippen molar-refractivity contribution >= 4 is 0 Å². The summed E-state index contributed by atoms with van der Waals surface area (Å²) in [5.74, 6) is 3.58. The summed E-state index contributed by atoms with van der Waals surface area (Å²) in [6.45, 7) is 16.3. The van der Waals surface area contributed by atoms with Crippen molar-refractivity contribution < 1.29 is 5.11 Å². The highest BCUT2D eigenvalue weighted by molar-refractivity contribution is 5.36. The number of aliphatic hydroxyl groups is 1. The third-order valence-corrected chi connectivity index (χ3v) is 8.63. The van der Waals surface area contributed by atoms with Gasteiger partial charge in [0.2, 0.25) is 0 Å². The summed E-state index contributed by atoms with van der Waals surface area (Å²) < 4.78 is 0. The molecule has 0 aromatic carbocycles. The molecule has 0 radical (unpaired) electrons. The van der Waals surface area contributed by atoms with Crippen molar-refractivity contribution in [1.29, 1.82) is 0 Å². The predicted molar refractivity (Wildman–Crippen MR) is 126 cm³/mol. The van der Waals surface area contributed by atoms with Crippen LogP contribution >= 0.6 is 0 Å². The summed E-state index contributed by atoms with van der Waals surface area (Å²) in [6.07, 6.45) is 18.8. The number of aliphatic hydroxyl groups excluding tert-OH is 1. The maximum absolute atomic E-state index is 10.0. The van der Waals surface area contributed by atoms with Crippen molar-refractivity contribution in [2.24, 2.45) is 35.0 Å². The molecule has 1 nitrogen and oxygen atoms in total. The molecule has 0 aliphatic heterocycles. The molecule has 0 aromatic rings. The maximum Gasteiger partial charge on any atom is 0.0583 e. The topological polar surface area (TPSA) is 20.2 Å². The highest BCUT2D eigenvalue weighted by Gasteiger charge is 2.50. The van der Waals surface area contributed by atoms with Crippen molar-refractivity contribution in [3.63, 3.8) is 0 Å². The lowest BCUT2D eigenvalue weighted by Gasteiger charge is -2.44. The fourth-order valence-electron chi connectivity index (χ4n) is 6.25. The van der Waals surface area contributed by atoms with Gasteiger partial charge in [0.05, 0.1) is 6.10 Å². The lowest BCUT2D eigenvalue weighted by atomic mass is 9.61. The molecule has 0 bridgehead atoms. The molecule has 3 aliphatic carbocycles. The van der Waals surface area contributed by atoms with Gasteiger partial charge in [-0.15, -0.1) is 0 Å². The zero-order valence-electron chi connectivity index (χ0n) is 19.6. The first-order valence-electron chi connectivity index (χ1n) is 12.2. The van der Waals surface area contributed by atoms with E-state index in [1.54, 1.807) is 5.57 Å². The van der Waals surface area contributed by atoms with Crippen LogP contribution in [0.4, 0.5) is 0 Å². The lowest BCUT2D eigenvalue weighted by molar-refractivity contribution is 0.112. The molecular formula is C28H44O. The molecule has 29 heavy (non-hydrogen) atoms. The minimum Gasteiger partial charge on any atom is -0.393 e. The van der Waals surface area contributed by atoms with Crippen LogP contribution in [0.15, 0.2) is 47.6 Å². The van der Waals surface area contributed by atoms with E-state index in [1.165, 1.54) is 43.3 Å². The molecule has 6 atom stereocenters. The largest absolute Gasteiger partial charge is 0.393 e. The van der Waals surface area contributed by atoms with Gasteiger partial charge in [-0.25, -0.2) is 0 Å². The normalized spacial score (nSPS) is 38.2. The second-order valence-corrected chi connectivity index (χ2v) is 10.9. The Hall–Kier alpha value is -1.08. The molecule has 162 valence electrons. The second kappa shape index (κ2) is 9.38. The lowest BCUT2D eigenvalue weighted by Crippen LogP contribution is -2.35. The molecule has 3 aliphatic rings.